The molecule has 1 atom stereocenters. The molecule has 14 heavy (non-hydrogen) atoms. The fourth-order valence-electron chi connectivity index (χ4n) is 1.59. The van der Waals surface area contributed by atoms with Crippen LogP contribution in [-0.4, -0.2) is 11.7 Å². The highest BCUT2D eigenvalue weighted by molar-refractivity contribution is 5.31. The lowest BCUT2D eigenvalue weighted by molar-refractivity contribution is 0.276. The largest absolute Gasteiger partial charge is 0.396 e. The van der Waals surface area contributed by atoms with Gasteiger partial charge in [0.05, 0.1) is 0 Å². The Hall–Kier alpha value is -0.930. The van der Waals surface area contributed by atoms with Gasteiger partial charge in [0, 0.05) is 12.6 Å². The molecule has 0 saturated carbocycles. The molecule has 0 spiro atoms. The van der Waals surface area contributed by atoms with Crippen molar-refractivity contribution in [1.82, 2.24) is 0 Å². The van der Waals surface area contributed by atoms with E-state index in [-0.39, 0.29) is 18.5 Å². The summed E-state index contributed by atoms with van der Waals surface area (Å²) in [5.41, 5.74) is 7.29. The van der Waals surface area contributed by atoms with E-state index in [1.54, 1.807) is 6.07 Å². The summed E-state index contributed by atoms with van der Waals surface area (Å²) in [6.07, 6.45) is 1.09. The summed E-state index contributed by atoms with van der Waals surface area (Å²) in [5.74, 6) is -0.210. The number of aliphatic hydroxyl groups excluding tert-OH is 1. The van der Waals surface area contributed by atoms with Gasteiger partial charge in [0.1, 0.15) is 5.82 Å². The van der Waals surface area contributed by atoms with Crippen molar-refractivity contribution in [3.8, 4) is 0 Å². The van der Waals surface area contributed by atoms with Crippen LogP contribution in [0.4, 0.5) is 4.39 Å². The Morgan fingerprint density at radius 2 is 2.21 bits per heavy atom. The molecule has 3 heteroatoms. The van der Waals surface area contributed by atoms with Crippen molar-refractivity contribution >= 4 is 0 Å². The first-order chi connectivity index (χ1) is 6.70. The van der Waals surface area contributed by atoms with Crippen LogP contribution in [0.3, 0.4) is 0 Å². The molecule has 1 rings (SSSR count). The molecule has 3 N–H and O–H groups in total. The van der Waals surface area contributed by atoms with Gasteiger partial charge >= 0.3 is 0 Å². The van der Waals surface area contributed by atoms with E-state index in [1.165, 1.54) is 6.07 Å². The maximum atomic E-state index is 13.3. The first-order valence-corrected chi connectivity index (χ1v) is 4.84. The second-order valence-electron chi connectivity index (χ2n) is 3.28. The molecule has 0 bridgehead atoms. The highest BCUT2D eigenvalue weighted by atomic mass is 19.1. The van der Waals surface area contributed by atoms with E-state index in [0.717, 1.165) is 5.56 Å². The number of nitrogens with two attached hydrogens (primary N) is 1. The average Bonchev–Trinajstić information content (AvgIpc) is 2.17. The zero-order chi connectivity index (χ0) is 10.6. The highest BCUT2D eigenvalue weighted by Crippen LogP contribution is 2.21. The van der Waals surface area contributed by atoms with Gasteiger partial charge < -0.3 is 10.8 Å². The predicted molar refractivity (Wildman–Crippen MR) is 54.4 cm³/mol. The quantitative estimate of drug-likeness (QED) is 0.772. The number of hydrogen-bond donors (Lipinski definition) is 2. The van der Waals surface area contributed by atoms with Crippen molar-refractivity contribution in [3.63, 3.8) is 0 Å². The van der Waals surface area contributed by atoms with E-state index in [1.807, 2.05) is 13.0 Å². The Bertz CT molecular complexity index is 301. The maximum Gasteiger partial charge on any atom is 0.126 e. The maximum absolute atomic E-state index is 13.3. The summed E-state index contributed by atoms with van der Waals surface area (Å²) in [7, 11) is 0. The molecule has 0 fully saturated rings. The van der Waals surface area contributed by atoms with Crippen molar-refractivity contribution in [1.29, 1.82) is 0 Å². The molecule has 1 aromatic carbocycles. The first-order valence-electron chi connectivity index (χ1n) is 4.84. The monoisotopic (exact) mass is 197 g/mol. The topological polar surface area (TPSA) is 46.2 Å². The first kappa shape index (κ1) is 11.1. The van der Waals surface area contributed by atoms with Crippen LogP contribution in [0.2, 0.25) is 0 Å². The zero-order valence-electron chi connectivity index (χ0n) is 8.33. The summed E-state index contributed by atoms with van der Waals surface area (Å²) in [4.78, 5) is 0. The summed E-state index contributed by atoms with van der Waals surface area (Å²) in [6, 6.07) is 4.64. The second kappa shape index (κ2) is 5.08. The van der Waals surface area contributed by atoms with Gasteiger partial charge in [0.25, 0.3) is 0 Å². The lowest BCUT2D eigenvalue weighted by atomic mass is 9.97. The van der Waals surface area contributed by atoms with Crippen molar-refractivity contribution in [2.75, 3.05) is 6.61 Å². The highest BCUT2D eigenvalue weighted by Gasteiger charge is 2.12. The van der Waals surface area contributed by atoms with Gasteiger partial charge in [-0.3, -0.25) is 0 Å². The molecule has 0 aliphatic rings. The van der Waals surface area contributed by atoms with Gasteiger partial charge in [-0.25, -0.2) is 4.39 Å². The smallest absolute Gasteiger partial charge is 0.126 e. The van der Waals surface area contributed by atoms with Gasteiger partial charge in [-0.1, -0.05) is 19.1 Å². The Kier molecular flexibility index (Phi) is 4.04. The van der Waals surface area contributed by atoms with Crippen LogP contribution in [-0.2, 0) is 6.42 Å². The average molecular weight is 197 g/mol. The van der Waals surface area contributed by atoms with Gasteiger partial charge in [-0.2, -0.15) is 0 Å². The van der Waals surface area contributed by atoms with Crippen LogP contribution < -0.4 is 5.73 Å². The molecule has 0 heterocycles. The molecular formula is C11H16FNO. The minimum absolute atomic E-state index is 0.0286. The molecule has 1 unspecified atom stereocenters. The molecule has 0 aliphatic heterocycles. The van der Waals surface area contributed by atoms with Crippen molar-refractivity contribution < 1.29 is 9.50 Å². The van der Waals surface area contributed by atoms with Gasteiger partial charge in [0.15, 0.2) is 0 Å². The Balaban J connectivity index is 3.00. The molecule has 0 radical (unpaired) electrons. The molecule has 0 saturated heterocycles. The third-order valence-corrected chi connectivity index (χ3v) is 2.35. The normalized spacial score (nSPS) is 12.9. The second-order valence-corrected chi connectivity index (χ2v) is 3.28. The third kappa shape index (κ3) is 2.30. The number of aliphatic hydroxyl groups is 1. The molecule has 0 aliphatic carbocycles. The van der Waals surface area contributed by atoms with Crippen LogP contribution in [0.15, 0.2) is 18.2 Å². The molecule has 0 aromatic heterocycles. The van der Waals surface area contributed by atoms with E-state index < -0.39 is 0 Å². The van der Waals surface area contributed by atoms with Crippen LogP contribution in [0.25, 0.3) is 0 Å². The van der Waals surface area contributed by atoms with E-state index in [4.69, 9.17) is 10.8 Å². The van der Waals surface area contributed by atoms with Gasteiger partial charge in [-0.05, 0) is 30.0 Å². The number of rotatable bonds is 4. The zero-order valence-corrected chi connectivity index (χ0v) is 8.33. The Labute approximate surface area is 83.6 Å². The fourth-order valence-corrected chi connectivity index (χ4v) is 1.59. The fraction of sp³-hybridized carbons (Fsp3) is 0.455. The number of hydrogen-bond acceptors (Lipinski definition) is 2. The van der Waals surface area contributed by atoms with Crippen LogP contribution in [0, 0.1) is 5.82 Å². The van der Waals surface area contributed by atoms with Crippen LogP contribution >= 0.6 is 0 Å². The molecule has 78 valence electrons. The summed E-state index contributed by atoms with van der Waals surface area (Å²) in [5, 5.41) is 8.76. The van der Waals surface area contributed by atoms with E-state index in [2.05, 4.69) is 0 Å². The Morgan fingerprint density at radius 1 is 1.50 bits per heavy atom. The van der Waals surface area contributed by atoms with Crippen LogP contribution in [0.1, 0.15) is 30.5 Å². The van der Waals surface area contributed by atoms with E-state index in [0.29, 0.717) is 18.4 Å². The minimum Gasteiger partial charge on any atom is -0.396 e. The number of halogens is 1. The van der Waals surface area contributed by atoms with E-state index in [9.17, 15) is 4.39 Å². The predicted octanol–water partition coefficient (Wildman–Crippen LogP) is 1.77. The molecule has 1 aromatic rings. The van der Waals surface area contributed by atoms with Crippen molar-refractivity contribution in [2.24, 2.45) is 5.73 Å². The molecular weight excluding hydrogens is 181 g/mol. The number of benzene rings is 1. The summed E-state index contributed by atoms with van der Waals surface area (Å²) < 4.78 is 13.3. The SMILES string of the molecule is CCc1c(F)cccc1C(N)CCO. The van der Waals surface area contributed by atoms with E-state index >= 15 is 0 Å². The molecule has 2 nitrogen and oxygen atoms in total. The van der Waals surface area contributed by atoms with Gasteiger partial charge in [0.2, 0.25) is 0 Å². The lowest BCUT2D eigenvalue weighted by Crippen LogP contribution is -2.14. The third-order valence-electron chi connectivity index (χ3n) is 2.35. The summed E-state index contributed by atoms with van der Waals surface area (Å²) >= 11 is 0. The molecule has 0 amide bonds. The summed E-state index contributed by atoms with van der Waals surface area (Å²) in [6.45, 7) is 1.93. The Morgan fingerprint density at radius 3 is 2.79 bits per heavy atom. The van der Waals surface area contributed by atoms with Crippen molar-refractivity contribution in [2.45, 2.75) is 25.8 Å². The van der Waals surface area contributed by atoms with Gasteiger partial charge in [-0.15, -0.1) is 0 Å². The van der Waals surface area contributed by atoms with Crippen LogP contribution in [0.5, 0.6) is 0 Å². The van der Waals surface area contributed by atoms with Crippen molar-refractivity contribution in [3.05, 3.63) is 35.1 Å². The minimum atomic E-state index is -0.273. The lowest BCUT2D eigenvalue weighted by Gasteiger charge is -2.15. The standard InChI is InChI=1S/C11H16FNO/c1-2-8-9(11(13)6-7-14)4-3-5-10(8)12/h3-5,11,14H,2,6-7,13H2,1H3.